The molecule has 0 aliphatic rings. The Labute approximate surface area is 114 Å². The van der Waals surface area contributed by atoms with E-state index in [0.717, 1.165) is 11.3 Å². The molecular formula is C13H22NO4P. The molecule has 2 unspecified atom stereocenters. The Balaban J connectivity index is 2.58. The van der Waals surface area contributed by atoms with E-state index in [4.69, 9.17) is 19.5 Å². The molecule has 0 heterocycles. The molecule has 0 saturated heterocycles. The molecule has 19 heavy (non-hydrogen) atoms. The third kappa shape index (κ3) is 4.96. The second-order valence-corrected chi connectivity index (χ2v) is 6.39. The van der Waals surface area contributed by atoms with Gasteiger partial charge in [-0.05, 0) is 24.6 Å². The largest absolute Gasteiger partial charge is 0.497 e. The van der Waals surface area contributed by atoms with Gasteiger partial charge in [0.25, 0.3) is 0 Å². The summed E-state index contributed by atoms with van der Waals surface area (Å²) in [7, 11) is -1.39. The fraction of sp³-hybridized carbons (Fsp3) is 0.538. The van der Waals surface area contributed by atoms with Gasteiger partial charge >= 0.3 is 7.60 Å². The van der Waals surface area contributed by atoms with Crippen LogP contribution in [0.25, 0.3) is 0 Å². The molecule has 2 atom stereocenters. The third-order valence-electron chi connectivity index (χ3n) is 2.71. The minimum Gasteiger partial charge on any atom is -0.497 e. The molecule has 0 bridgehead atoms. The van der Waals surface area contributed by atoms with Crippen LogP contribution in [0.15, 0.2) is 24.3 Å². The van der Waals surface area contributed by atoms with Crippen molar-refractivity contribution in [2.45, 2.75) is 19.9 Å². The summed E-state index contributed by atoms with van der Waals surface area (Å²) in [4.78, 5) is 0. The molecule has 2 N–H and O–H groups in total. The average Bonchev–Trinajstić information content (AvgIpc) is 2.45. The van der Waals surface area contributed by atoms with E-state index in [-0.39, 0.29) is 12.6 Å². The normalized spacial score (nSPS) is 15.8. The van der Waals surface area contributed by atoms with Gasteiger partial charge < -0.3 is 19.5 Å². The lowest BCUT2D eigenvalue weighted by molar-refractivity contribution is 0.202. The highest BCUT2D eigenvalue weighted by atomic mass is 31.2. The van der Waals surface area contributed by atoms with Crippen molar-refractivity contribution in [1.82, 2.24) is 0 Å². The fourth-order valence-corrected chi connectivity index (χ4v) is 2.78. The highest BCUT2D eigenvalue weighted by Gasteiger charge is 2.22. The predicted molar refractivity (Wildman–Crippen MR) is 75.6 cm³/mol. The standard InChI is InChI=1S/C13H22NO4P/c1-4-17-19(15,5-2)18-10-13(14)11-6-8-12(16-3)9-7-11/h6-9,13H,4-5,10,14H2,1-3H3. The van der Waals surface area contributed by atoms with Crippen molar-refractivity contribution in [3.63, 3.8) is 0 Å². The molecule has 0 amide bonds. The number of hydrogen-bond donors (Lipinski definition) is 1. The van der Waals surface area contributed by atoms with E-state index in [1.807, 2.05) is 24.3 Å². The van der Waals surface area contributed by atoms with Crippen LogP contribution in [0.1, 0.15) is 25.5 Å². The van der Waals surface area contributed by atoms with Gasteiger partial charge in [-0.25, -0.2) is 0 Å². The molecular weight excluding hydrogens is 265 g/mol. The highest BCUT2D eigenvalue weighted by Crippen LogP contribution is 2.47. The van der Waals surface area contributed by atoms with Crippen LogP contribution in [0.3, 0.4) is 0 Å². The Morgan fingerprint density at radius 2 is 1.84 bits per heavy atom. The van der Waals surface area contributed by atoms with Crippen molar-refractivity contribution in [2.75, 3.05) is 26.5 Å². The summed E-state index contributed by atoms with van der Waals surface area (Å²) in [6.07, 6.45) is 0.343. The fourth-order valence-electron chi connectivity index (χ4n) is 1.56. The maximum atomic E-state index is 12.1. The van der Waals surface area contributed by atoms with E-state index < -0.39 is 7.60 Å². The summed E-state index contributed by atoms with van der Waals surface area (Å²) in [6.45, 7) is 4.09. The number of nitrogens with two attached hydrogens (primary N) is 1. The van der Waals surface area contributed by atoms with Crippen LogP contribution in [0, 0.1) is 0 Å². The second kappa shape index (κ2) is 7.65. The maximum Gasteiger partial charge on any atom is 0.330 e. The van der Waals surface area contributed by atoms with Crippen molar-refractivity contribution >= 4 is 7.60 Å². The lowest BCUT2D eigenvalue weighted by Crippen LogP contribution is -2.17. The van der Waals surface area contributed by atoms with Crippen LogP contribution in [0.2, 0.25) is 0 Å². The maximum absolute atomic E-state index is 12.1. The molecule has 0 aliphatic heterocycles. The van der Waals surface area contributed by atoms with Crippen molar-refractivity contribution in [2.24, 2.45) is 5.73 Å². The molecule has 0 radical (unpaired) electrons. The topological polar surface area (TPSA) is 70.8 Å². The van der Waals surface area contributed by atoms with Gasteiger partial charge in [-0.2, -0.15) is 0 Å². The van der Waals surface area contributed by atoms with Gasteiger partial charge in [-0.1, -0.05) is 19.1 Å². The Kier molecular flexibility index (Phi) is 6.52. The van der Waals surface area contributed by atoms with Gasteiger partial charge in [0.2, 0.25) is 0 Å². The SMILES string of the molecule is CCOP(=O)(CC)OCC(N)c1ccc(OC)cc1. The van der Waals surface area contributed by atoms with Crippen molar-refractivity contribution in [3.05, 3.63) is 29.8 Å². The summed E-state index contributed by atoms with van der Waals surface area (Å²) in [5.41, 5.74) is 6.90. The van der Waals surface area contributed by atoms with E-state index in [9.17, 15) is 4.57 Å². The molecule has 6 heteroatoms. The van der Waals surface area contributed by atoms with Gasteiger partial charge in [-0.15, -0.1) is 0 Å². The average molecular weight is 287 g/mol. The second-order valence-electron chi connectivity index (χ2n) is 4.02. The van der Waals surface area contributed by atoms with Crippen LogP contribution < -0.4 is 10.5 Å². The molecule has 1 rings (SSSR count). The Bertz CT molecular complexity index is 421. The van der Waals surface area contributed by atoms with Gasteiger partial charge in [0.1, 0.15) is 5.75 Å². The first-order chi connectivity index (χ1) is 9.04. The third-order valence-corrected chi connectivity index (χ3v) is 4.68. The molecule has 108 valence electrons. The summed E-state index contributed by atoms with van der Waals surface area (Å²) in [5.74, 6) is 0.769. The zero-order chi connectivity index (χ0) is 14.3. The number of ether oxygens (including phenoxy) is 1. The minimum absolute atomic E-state index is 0.164. The van der Waals surface area contributed by atoms with Crippen LogP contribution in [0.5, 0.6) is 5.75 Å². The van der Waals surface area contributed by atoms with Crippen molar-refractivity contribution < 1.29 is 18.3 Å². The van der Waals surface area contributed by atoms with Gasteiger partial charge in [0, 0.05) is 6.16 Å². The number of methoxy groups -OCH3 is 1. The Morgan fingerprint density at radius 1 is 1.21 bits per heavy atom. The van der Waals surface area contributed by atoms with E-state index in [1.54, 1.807) is 21.0 Å². The predicted octanol–water partition coefficient (Wildman–Crippen LogP) is 2.96. The van der Waals surface area contributed by atoms with Crippen molar-refractivity contribution in [3.8, 4) is 5.75 Å². The molecule has 0 fully saturated rings. The zero-order valence-electron chi connectivity index (χ0n) is 11.7. The van der Waals surface area contributed by atoms with E-state index in [1.165, 1.54) is 0 Å². The summed E-state index contributed by atoms with van der Waals surface area (Å²) in [5, 5.41) is 0. The van der Waals surface area contributed by atoms with Gasteiger partial charge in [-0.3, -0.25) is 4.57 Å². The van der Waals surface area contributed by atoms with E-state index in [2.05, 4.69) is 0 Å². The molecule has 0 aromatic heterocycles. The first kappa shape index (κ1) is 16.2. The summed E-state index contributed by atoms with van der Waals surface area (Å²) >= 11 is 0. The lowest BCUT2D eigenvalue weighted by Gasteiger charge is -2.19. The molecule has 0 spiro atoms. The highest BCUT2D eigenvalue weighted by molar-refractivity contribution is 7.53. The smallest absolute Gasteiger partial charge is 0.330 e. The molecule has 1 aromatic rings. The molecule has 0 aliphatic carbocycles. The first-order valence-corrected chi connectivity index (χ1v) is 8.05. The van der Waals surface area contributed by atoms with Crippen LogP contribution in [-0.2, 0) is 13.6 Å². The lowest BCUT2D eigenvalue weighted by atomic mass is 10.1. The zero-order valence-corrected chi connectivity index (χ0v) is 12.6. The van der Waals surface area contributed by atoms with Crippen molar-refractivity contribution in [1.29, 1.82) is 0 Å². The monoisotopic (exact) mass is 287 g/mol. The number of benzene rings is 1. The van der Waals surface area contributed by atoms with E-state index >= 15 is 0 Å². The van der Waals surface area contributed by atoms with Crippen LogP contribution in [-0.4, -0.2) is 26.5 Å². The molecule has 1 aromatic carbocycles. The van der Waals surface area contributed by atoms with Crippen LogP contribution in [0.4, 0.5) is 0 Å². The molecule has 5 nitrogen and oxygen atoms in total. The Hall–Kier alpha value is -0.870. The number of hydrogen-bond acceptors (Lipinski definition) is 5. The number of rotatable bonds is 8. The first-order valence-electron chi connectivity index (χ1n) is 6.32. The van der Waals surface area contributed by atoms with Crippen LogP contribution >= 0.6 is 7.60 Å². The van der Waals surface area contributed by atoms with Gasteiger partial charge in [0.15, 0.2) is 0 Å². The Morgan fingerprint density at radius 3 is 2.32 bits per heavy atom. The summed E-state index contributed by atoms with van der Waals surface area (Å²) < 4.78 is 27.7. The molecule has 0 saturated carbocycles. The van der Waals surface area contributed by atoms with Gasteiger partial charge in [0.05, 0.1) is 26.4 Å². The van der Waals surface area contributed by atoms with E-state index in [0.29, 0.717) is 12.8 Å². The minimum atomic E-state index is -2.99. The quantitative estimate of drug-likeness (QED) is 0.744. The summed E-state index contributed by atoms with van der Waals surface area (Å²) in [6, 6.07) is 7.05.